The quantitative estimate of drug-likeness (QED) is 0.360. The van der Waals surface area contributed by atoms with Crippen molar-refractivity contribution >= 4 is 45.6 Å². The monoisotopic (exact) mass is 485 g/mol. The summed E-state index contributed by atoms with van der Waals surface area (Å²) in [5, 5.41) is 13.0. The number of nitrogens with zero attached hydrogens (tertiary/aromatic N) is 4. The fourth-order valence-electron chi connectivity index (χ4n) is 3.44. The second-order valence-corrected chi connectivity index (χ2v) is 9.24. The van der Waals surface area contributed by atoms with Crippen molar-refractivity contribution in [1.29, 1.82) is 0 Å². The van der Waals surface area contributed by atoms with Gasteiger partial charge in [0.2, 0.25) is 0 Å². The van der Waals surface area contributed by atoms with Crippen LogP contribution in [-0.2, 0) is 12.8 Å². The summed E-state index contributed by atoms with van der Waals surface area (Å²) in [4.78, 5) is 18.4. The first kappa shape index (κ1) is 22.5. The Morgan fingerprint density at radius 2 is 1.91 bits per heavy atom. The van der Waals surface area contributed by atoms with Gasteiger partial charge in [-0.05, 0) is 55.7 Å². The number of halogens is 2. The van der Waals surface area contributed by atoms with E-state index in [1.807, 2.05) is 44.2 Å². The van der Waals surface area contributed by atoms with Crippen LogP contribution in [0.15, 0.2) is 42.5 Å². The minimum atomic E-state index is -0.344. The third kappa shape index (κ3) is 4.55. The van der Waals surface area contributed by atoms with E-state index in [1.54, 1.807) is 16.8 Å². The van der Waals surface area contributed by atoms with Crippen molar-refractivity contribution in [3.63, 3.8) is 0 Å². The number of aryl methyl sites for hydroxylation is 2. The van der Waals surface area contributed by atoms with Crippen molar-refractivity contribution in [2.24, 2.45) is 0 Å². The number of amides is 1. The molecule has 0 bridgehead atoms. The molecule has 0 aliphatic carbocycles. The maximum atomic E-state index is 12.9. The van der Waals surface area contributed by atoms with E-state index in [-0.39, 0.29) is 11.6 Å². The molecule has 0 aliphatic rings. The first-order valence-corrected chi connectivity index (χ1v) is 11.7. The van der Waals surface area contributed by atoms with Gasteiger partial charge >= 0.3 is 0 Å². The SMILES string of the molecule is CCc1ccccc1-n1nnc(C(=O)Nc2nc(C)c(Cc3cc(Cl)ccc3Cl)s2)c1C. The number of benzene rings is 2. The van der Waals surface area contributed by atoms with E-state index in [2.05, 4.69) is 27.5 Å². The van der Waals surface area contributed by atoms with Gasteiger partial charge in [-0.3, -0.25) is 10.1 Å². The number of hydrogen-bond donors (Lipinski definition) is 1. The average Bonchev–Trinajstić information content (AvgIpc) is 3.32. The van der Waals surface area contributed by atoms with Gasteiger partial charge in [-0.15, -0.1) is 16.4 Å². The van der Waals surface area contributed by atoms with Crippen LogP contribution in [0.2, 0.25) is 10.0 Å². The highest BCUT2D eigenvalue weighted by Gasteiger charge is 2.20. The molecule has 0 saturated carbocycles. The normalized spacial score (nSPS) is 11.0. The maximum absolute atomic E-state index is 12.9. The van der Waals surface area contributed by atoms with Gasteiger partial charge in [0.25, 0.3) is 5.91 Å². The Morgan fingerprint density at radius 3 is 2.69 bits per heavy atom. The van der Waals surface area contributed by atoms with Gasteiger partial charge in [0, 0.05) is 21.3 Å². The lowest BCUT2D eigenvalue weighted by Gasteiger charge is -2.08. The Bertz CT molecular complexity index is 1300. The van der Waals surface area contributed by atoms with Gasteiger partial charge < -0.3 is 0 Å². The summed E-state index contributed by atoms with van der Waals surface area (Å²) in [6, 6.07) is 13.3. The molecular formula is C23H21Cl2N5OS. The zero-order valence-electron chi connectivity index (χ0n) is 17.8. The molecule has 0 unspecified atom stereocenters. The molecule has 164 valence electrons. The molecule has 6 nitrogen and oxygen atoms in total. The highest BCUT2D eigenvalue weighted by Crippen LogP contribution is 2.29. The Labute approximate surface area is 200 Å². The predicted octanol–water partition coefficient (Wildman–Crippen LogP) is 6.05. The molecule has 4 aromatic rings. The van der Waals surface area contributed by atoms with Crippen LogP contribution in [0.1, 0.15) is 44.8 Å². The van der Waals surface area contributed by atoms with Gasteiger partial charge in [0.1, 0.15) is 0 Å². The number of hydrogen-bond acceptors (Lipinski definition) is 5. The van der Waals surface area contributed by atoms with Gasteiger partial charge in [-0.1, -0.05) is 53.5 Å². The van der Waals surface area contributed by atoms with E-state index >= 15 is 0 Å². The van der Waals surface area contributed by atoms with E-state index in [1.165, 1.54) is 11.3 Å². The van der Waals surface area contributed by atoms with Gasteiger partial charge in [-0.2, -0.15) is 0 Å². The van der Waals surface area contributed by atoms with E-state index in [9.17, 15) is 4.79 Å². The van der Waals surface area contributed by atoms with E-state index in [4.69, 9.17) is 23.2 Å². The smallest absolute Gasteiger partial charge is 0.279 e. The number of para-hydroxylation sites is 1. The molecule has 0 aliphatic heterocycles. The van der Waals surface area contributed by atoms with Crippen molar-refractivity contribution < 1.29 is 4.79 Å². The summed E-state index contributed by atoms with van der Waals surface area (Å²) < 4.78 is 1.70. The second-order valence-electron chi connectivity index (χ2n) is 7.31. The zero-order valence-corrected chi connectivity index (χ0v) is 20.1. The van der Waals surface area contributed by atoms with Crippen LogP contribution in [0.25, 0.3) is 5.69 Å². The van der Waals surface area contributed by atoms with Crippen LogP contribution >= 0.6 is 34.5 Å². The predicted molar refractivity (Wildman–Crippen MR) is 130 cm³/mol. The maximum Gasteiger partial charge on any atom is 0.279 e. The van der Waals surface area contributed by atoms with Gasteiger partial charge in [0.05, 0.1) is 17.1 Å². The lowest BCUT2D eigenvalue weighted by Crippen LogP contribution is -2.14. The van der Waals surface area contributed by atoms with E-state index < -0.39 is 0 Å². The number of rotatable bonds is 6. The number of carbonyl (C=O) groups is 1. The summed E-state index contributed by atoms with van der Waals surface area (Å²) in [6.45, 7) is 5.82. The standard InChI is InChI=1S/C23H21Cl2N5OS/c1-4-15-7-5-6-8-19(15)30-14(3)21(28-29-30)22(31)27-23-26-13(2)20(32-23)12-16-11-17(24)9-10-18(16)25/h5-11H,4,12H2,1-3H3,(H,26,27,31). The van der Waals surface area contributed by atoms with Crippen molar-refractivity contribution in [3.8, 4) is 5.69 Å². The molecule has 32 heavy (non-hydrogen) atoms. The number of carbonyl (C=O) groups excluding carboxylic acids is 1. The molecule has 2 heterocycles. The fraction of sp³-hybridized carbons (Fsp3) is 0.217. The van der Waals surface area contributed by atoms with Crippen LogP contribution in [0.3, 0.4) is 0 Å². The van der Waals surface area contributed by atoms with Gasteiger partial charge in [-0.25, -0.2) is 9.67 Å². The molecule has 9 heteroatoms. The highest BCUT2D eigenvalue weighted by atomic mass is 35.5. The summed E-state index contributed by atoms with van der Waals surface area (Å²) >= 11 is 13.8. The Balaban J connectivity index is 1.55. The molecular weight excluding hydrogens is 465 g/mol. The van der Waals surface area contributed by atoms with E-state index in [0.717, 1.165) is 33.8 Å². The molecule has 0 fully saturated rings. The zero-order chi connectivity index (χ0) is 22.8. The molecule has 2 aromatic heterocycles. The van der Waals surface area contributed by atoms with Crippen molar-refractivity contribution in [2.45, 2.75) is 33.6 Å². The fourth-order valence-corrected chi connectivity index (χ4v) is 4.80. The third-order valence-corrected chi connectivity index (χ3v) is 6.86. The summed E-state index contributed by atoms with van der Waals surface area (Å²) in [5.41, 5.74) is 4.73. The lowest BCUT2D eigenvalue weighted by atomic mass is 10.1. The number of nitrogens with one attached hydrogen (secondary N) is 1. The number of anilines is 1. The highest BCUT2D eigenvalue weighted by molar-refractivity contribution is 7.15. The van der Waals surface area contributed by atoms with Crippen molar-refractivity contribution in [1.82, 2.24) is 20.0 Å². The minimum absolute atomic E-state index is 0.267. The number of aromatic nitrogens is 4. The molecule has 1 amide bonds. The molecule has 0 atom stereocenters. The minimum Gasteiger partial charge on any atom is -0.296 e. The molecule has 1 N–H and O–H groups in total. The molecule has 0 spiro atoms. The van der Waals surface area contributed by atoms with Crippen LogP contribution in [0.4, 0.5) is 5.13 Å². The van der Waals surface area contributed by atoms with Crippen molar-refractivity contribution in [3.05, 3.63) is 85.6 Å². The molecule has 0 saturated heterocycles. The average molecular weight is 486 g/mol. The Morgan fingerprint density at radius 1 is 1.12 bits per heavy atom. The van der Waals surface area contributed by atoms with Gasteiger partial charge in [0.15, 0.2) is 10.8 Å². The first-order chi connectivity index (χ1) is 15.4. The third-order valence-electron chi connectivity index (χ3n) is 5.18. The van der Waals surface area contributed by atoms with Crippen LogP contribution in [0, 0.1) is 13.8 Å². The Hall–Kier alpha value is -2.74. The Kier molecular flexibility index (Phi) is 6.60. The summed E-state index contributed by atoms with van der Waals surface area (Å²) in [7, 11) is 0. The summed E-state index contributed by atoms with van der Waals surface area (Å²) in [6.07, 6.45) is 1.44. The second kappa shape index (κ2) is 9.40. The topological polar surface area (TPSA) is 72.7 Å². The van der Waals surface area contributed by atoms with Crippen molar-refractivity contribution in [2.75, 3.05) is 5.32 Å². The van der Waals surface area contributed by atoms with Crippen LogP contribution in [-0.4, -0.2) is 25.9 Å². The largest absolute Gasteiger partial charge is 0.296 e. The summed E-state index contributed by atoms with van der Waals surface area (Å²) in [5.74, 6) is -0.344. The number of thiazole rings is 1. The first-order valence-electron chi connectivity index (χ1n) is 10.1. The van der Waals surface area contributed by atoms with E-state index in [0.29, 0.717) is 27.3 Å². The molecule has 2 aromatic carbocycles. The van der Waals surface area contributed by atoms with Crippen LogP contribution < -0.4 is 5.32 Å². The molecule has 4 rings (SSSR count). The molecule has 0 radical (unpaired) electrons. The lowest BCUT2D eigenvalue weighted by molar-refractivity contribution is 0.102. The van der Waals surface area contributed by atoms with Crippen LogP contribution in [0.5, 0.6) is 0 Å².